The van der Waals surface area contributed by atoms with Gasteiger partial charge in [-0.25, -0.2) is 19.2 Å². The number of amides is 3. The quantitative estimate of drug-likeness (QED) is 0.0797. The van der Waals surface area contributed by atoms with Crippen molar-refractivity contribution >= 4 is 47.6 Å². The van der Waals surface area contributed by atoms with E-state index in [1.54, 1.807) is 67.7 Å². The van der Waals surface area contributed by atoms with Crippen molar-refractivity contribution in [1.29, 1.82) is 0 Å². The number of esters is 4. The van der Waals surface area contributed by atoms with Crippen molar-refractivity contribution in [3.63, 3.8) is 0 Å². The first-order valence-corrected chi connectivity index (χ1v) is 23.9. The number of nitrogens with one attached hydrogen (secondary N) is 1. The maximum absolute atomic E-state index is 14.6. The molecule has 0 bridgehead atoms. The first-order valence-electron chi connectivity index (χ1n) is 23.9. The number of hydrogen-bond donors (Lipinski definition) is 2. The molecule has 0 unspecified atom stereocenters. The molecule has 0 aliphatic rings. The molecule has 69 heavy (non-hydrogen) atoms. The van der Waals surface area contributed by atoms with E-state index in [0.29, 0.717) is 17.5 Å². The van der Waals surface area contributed by atoms with Crippen LogP contribution in [0.5, 0.6) is 0 Å². The van der Waals surface area contributed by atoms with Gasteiger partial charge in [-0.15, -0.1) is 0 Å². The maximum Gasteiger partial charge on any atom is 0.345 e. The molecule has 0 spiro atoms. The van der Waals surface area contributed by atoms with E-state index < -0.39 is 96.2 Å². The van der Waals surface area contributed by atoms with Gasteiger partial charge in [-0.1, -0.05) is 116 Å². The van der Waals surface area contributed by atoms with Crippen LogP contribution in [0.2, 0.25) is 0 Å². The maximum atomic E-state index is 14.6. The van der Waals surface area contributed by atoms with Crippen molar-refractivity contribution < 1.29 is 62.4 Å². The molecular weight excluding hydrogens is 889 g/mol. The molecule has 0 saturated heterocycles. The molecule has 0 saturated carbocycles. The number of ether oxygens (including phenoxy) is 4. The van der Waals surface area contributed by atoms with Gasteiger partial charge in [0.05, 0.1) is 0 Å². The zero-order chi connectivity index (χ0) is 52.3. The molecule has 0 radical (unpaired) electrons. The Bertz CT molecular complexity index is 1990. The van der Waals surface area contributed by atoms with E-state index in [2.05, 4.69) is 5.32 Å². The van der Waals surface area contributed by atoms with Crippen molar-refractivity contribution in [2.75, 3.05) is 28.2 Å². The largest absolute Gasteiger partial charge is 0.478 e. The number of carbonyl (C=O) groups is 8. The Morgan fingerprint density at radius 2 is 0.783 bits per heavy atom. The highest BCUT2D eigenvalue weighted by atomic mass is 16.6. The number of rotatable bonds is 28. The number of aliphatic carboxylic acids is 1. The monoisotopic (exact) mass is 967 g/mol. The SMILES string of the molecule is CN[C@@H](CC(C)C)C(=O)O[C@H](C)C(=O)N(C)[C@@H](CC(C)C)C(=O)O[C@H](Cc1ccccc1)C(=O)N(C)[C@@H](CC(C)C)C(=O)O[C@H](C)C(=O)N(C)[C@@H](CC(C)C)C(=O)O[C@H](Cc1ccccc1)C(=O)O. The zero-order valence-corrected chi connectivity index (χ0v) is 43.1. The fourth-order valence-corrected chi connectivity index (χ4v) is 7.70. The van der Waals surface area contributed by atoms with Crippen molar-refractivity contribution in [2.45, 2.75) is 156 Å². The van der Waals surface area contributed by atoms with Crippen molar-refractivity contribution in [2.24, 2.45) is 23.7 Å². The summed E-state index contributed by atoms with van der Waals surface area (Å²) in [6, 6.07) is 13.1. The Morgan fingerprint density at radius 1 is 0.464 bits per heavy atom. The predicted molar refractivity (Wildman–Crippen MR) is 259 cm³/mol. The minimum Gasteiger partial charge on any atom is -0.478 e. The summed E-state index contributed by atoms with van der Waals surface area (Å²) in [6.45, 7) is 17.7. The first-order chi connectivity index (χ1) is 32.3. The molecule has 17 nitrogen and oxygen atoms in total. The molecule has 2 rings (SSSR count). The van der Waals surface area contributed by atoms with Gasteiger partial charge >= 0.3 is 29.8 Å². The highest BCUT2D eigenvalue weighted by molar-refractivity contribution is 5.93. The second-order valence-corrected chi connectivity index (χ2v) is 19.5. The van der Waals surface area contributed by atoms with E-state index in [1.165, 1.54) is 39.9 Å². The van der Waals surface area contributed by atoms with E-state index in [1.807, 2.05) is 55.4 Å². The van der Waals surface area contributed by atoms with Crippen LogP contribution in [0.3, 0.4) is 0 Å². The fourth-order valence-electron chi connectivity index (χ4n) is 7.70. The van der Waals surface area contributed by atoms with Crippen molar-refractivity contribution in [3.8, 4) is 0 Å². The number of carbonyl (C=O) groups excluding carboxylic acids is 7. The average molecular weight is 967 g/mol. The second kappa shape index (κ2) is 28.6. The van der Waals surface area contributed by atoms with E-state index >= 15 is 0 Å². The lowest BCUT2D eigenvalue weighted by atomic mass is 10.00. The van der Waals surface area contributed by atoms with E-state index in [-0.39, 0.29) is 55.8 Å². The van der Waals surface area contributed by atoms with Crippen LogP contribution in [-0.2, 0) is 70.1 Å². The lowest BCUT2D eigenvalue weighted by molar-refractivity contribution is -0.174. The van der Waals surface area contributed by atoms with Crippen LogP contribution in [0, 0.1) is 23.7 Å². The Labute approximate surface area is 408 Å². The van der Waals surface area contributed by atoms with Crippen LogP contribution in [0.4, 0.5) is 0 Å². The molecule has 0 heterocycles. The first kappa shape index (κ1) is 59.3. The molecule has 3 amide bonds. The summed E-state index contributed by atoms with van der Waals surface area (Å²) in [4.78, 5) is 113. The molecule has 2 aromatic carbocycles. The van der Waals surface area contributed by atoms with Gasteiger partial charge in [-0.2, -0.15) is 0 Å². The van der Waals surface area contributed by atoms with E-state index in [0.717, 1.165) is 9.80 Å². The molecule has 2 N–H and O–H groups in total. The molecule has 0 fully saturated rings. The Balaban J connectivity index is 2.41. The summed E-state index contributed by atoms with van der Waals surface area (Å²) in [7, 11) is 5.75. The molecule has 0 aromatic heterocycles. The van der Waals surface area contributed by atoms with Crippen LogP contribution >= 0.6 is 0 Å². The predicted octanol–water partition coefficient (Wildman–Crippen LogP) is 5.50. The van der Waals surface area contributed by atoms with Gasteiger partial charge in [0.25, 0.3) is 17.7 Å². The Hall–Kier alpha value is -5.84. The molecule has 384 valence electrons. The summed E-state index contributed by atoms with van der Waals surface area (Å²) < 4.78 is 22.8. The summed E-state index contributed by atoms with van der Waals surface area (Å²) in [6.07, 6.45) is -5.11. The summed E-state index contributed by atoms with van der Waals surface area (Å²) in [5, 5.41) is 12.8. The van der Waals surface area contributed by atoms with Gasteiger partial charge in [0.15, 0.2) is 18.3 Å². The van der Waals surface area contributed by atoms with Crippen LogP contribution in [0.1, 0.15) is 106 Å². The van der Waals surface area contributed by atoms with E-state index in [4.69, 9.17) is 18.9 Å². The molecule has 8 atom stereocenters. The smallest absolute Gasteiger partial charge is 0.345 e. The summed E-state index contributed by atoms with van der Waals surface area (Å²) >= 11 is 0. The van der Waals surface area contributed by atoms with Crippen LogP contribution in [0.15, 0.2) is 60.7 Å². The standard InChI is InChI=1S/C52H78N4O13/c1-31(2)25-39(53-11)49(62)66-35(9)45(57)54(12)41(27-33(5)6)51(64)68-43(29-37-21-17-15-18-22-37)47(59)56(14)40(26-32(3)4)50(63)67-36(10)46(58)55(13)42(28-34(7)8)52(65)69-44(48(60)61)30-38-23-19-16-20-24-38/h15-24,31-36,39-44,53H,25-30H2,1-14H3,(H,60,61)/t35-,36-,39+,40+,41+,42+,43-,44-/m1/s1. The second-order valence-electron chi connectivity index (χ2n) is 19.5. The third-order valence-corrected chi connectivity index (χ3v) is 11.6. The molecule has 0 aliphatic carbocycles. The van der Waals surface area contributed by atoms with Gasteiger partial charge < -0.3 is 44.1 Å². The van der Waals surface area contributed by atoms with Crippen molar-refractivity contribution in [3.05, 3.63) is 71.8 Å². The number of hydrogen-bond acceptors (Lipinski definition) is 13. The van der Waals surface area contributed by atoms with Gasteiger partial charge in [-0.3, -0.25) is 19.2 Å². The van der Waals surface area contributed by atoms with Gasteiger partial charge in [0, 0.05) is 34.0 Å². The van der Waals surface area contributed by atoms with Gasteiger partial charge in [-0.05, 0) is 81.4 Å². The highest BCUT2D eigenvalue weighted by Gasteiger charge is 2.41. The normalized spacial score (nSPS) is 14.9. The third kappa shape index (κ3) is 19.2. The molecule has 17 heteroatoms. The van der Waals surface area contributed by atoms with Crippen LogP contribution < -0.4 is 5.32 Å². The Morgan fingerprint density at radius 3 is 1.13 bits per heavy atom. The number of carboxylic acids is 1. The minimum absolute atomic E-state index is 0.0829. The lowest BCUT2D eigenvalue weighted by Crippen LogP contribution is -2.53. The lowest BCUT2D eigenvalue weighted by Gasteiger charge is -2.34. The summed E-state index contributed by atoms with van der Waals surface area (Å²) in [5.41, 5.74) is 1.27. The van der Waals surface area contributed by atoms with E-state index in [9.17, 15) is 43.5 Å². The highest BCUT2D eigenvalue weighted by Crippen LogP contribution is 2.22. The number of likely N-dealkylation sites (N-methyl/N-ethyl adjacent to an activating group) is 4. The van der Waals surface area contributed by atoms with Crippen molar-refractivity contribution in [1.82, 2.24) is 20.0 Å². The molecule has 0 aliphatic heterocycles. The van der Waals surface area contributed by atoms with Gasteiger partial charge in [0.2, 0.25) is 6.10 Å². The van der Waals surface area contributed by atoms with Crippen LogP contribution in [0.25, 0.3) is 0 Å². The van der Waals surface area contributed by atoms with Crippen LogP contribution in [-0.4, -0.2) is 144 Å². The zero-order valence-electron chi connectivity index (χ0n) is 43.1. The Kier molecular flexibility index (Phi) is 24.6. The number of benzene rings is 2. The number of nitrogens with zero attached hydrogens (tertiary/aromatic N) is 3. The molecule has 2 aromatic rings. The number of carboxylic acid groups (broad SMARTS) is 1. The minimum atomic E-state index is -1.53. The summed E-state index contributed by atoms with van der Waals surface area (Å²) in [5.74, 6) is -7.16. The van der Waals surface area contributed by atoms with Gasteiger partial charge in [0.1, 0.15) is 24.2 Å². The topological polar surface area (TPSA) is 215 Å². The third-order valence-electron chi connectivity index (χ3n) is 11.6. The molecular formula is C52H78N4O13. The average Bonchev–Trinajstić information content (AvgIpc) is 3.29. The fraction of sp³-hybridized carbons (Fsp3) is 0.615.